The third-order valence-electron chi connectivity index (χ3n) is 2.58. The van der Waals surface area contributed by atoms with Crippen LogP contribution in [0.3, 0.4) is 0 Å². The molecule has 2 heterocycles. The molecule has 0 unspecified atom stereocenters. The van der Waals surface area contributed by atoms with E-state index < -0.39 is 17.9 Å². The molecule has 1 saturated heterocycles. The van der Waals surface area contributed by atoms with Crippen LogP contribution in [0.4, 0.5) is 0 Å². The summed E-state index contributed by atoms with van der Waals surface area (Å²) in [7, 11) is 0. The molecule has 1 fully saturated rings. The summed E-state index contributed by atoms with van der Waals surface area (Å²) in [5.41, 5.74) is 0. The van der Waals surface area contributed by atoms with E-state index in [0.717, 1.165) is 0 Å². The molecule has 6 heteroatoms. The standard InChI is InChI=1S/C11H15NO5/c1-11(2)16-7(10(15)17-11)5-6-12-8(13)3-4-9(12)14/h3-4,7,13-14H,5-6H2,1-2H3/t7-/m0/s1. The summed E-state index contributed by atoms with van der Waals surface area (Å²) < 4.78 is 11.7. The lowest BCUT2D eigenvalue weighted by molar-refractivity contribution is -0.160. The Bertz CT molecular complexity index is 418. The van der Waals surface area contributed by atoms with Gasteiger partial charge in [0, 0.05) is 38.9 Å². The first kappa shape index (κ1) is 11.8. The lowest BCUT2D eigenvalue weighted by atomic mass is 10.2. The molecule has 0 radical (unpaired) electrons. The molecule has 0 saturated carbocycles. The molecule has 1 aliphatic heterocycles. The maximum atomic E-state index is 11.4. The first-order valence-corrected chi connectivity index (χ1v) is 5.37. The quantitative estimate of drug-likeness (QED) is 0.770. The zero-order chi connectivity index (χ0) is 12.6. The van der Waals surface area contributed by atoms with Crippen LogP contribution < -0.4 is 0 Å². The van der Waals surface area contributed by atoms with Crippen molar-refractivity contribution in [2.24, 2.45) is 0 Å². The molecule has 0 amide bonds. The average molecular weight is 241 g/mol. The minimum atomic E-state index is -0.900. The van der Waals surface area contributed by atoms with Gasteiger partial charge < -0.3 is 19.7 Å². The fraction of sp³-hybridized carbons (Fsp3) is 0.545. The van der Waals surface area contributed by atoms with Gasteiger partial charge in [-0.05, 0) is 0 Å². The predicted octanol–water partition coefficient (Wildman–Crippen LogP) is 0.967. The van der Waals surface area contributed by atoms with Crippen LogP contribution in [0.15, 0.2) is 12.1 Å². The Hall–Kier alpha value is -1.69. The molecule has 0 aromatic carbocycles. The number of rotatable bonds is 3. The van der Waals surface area contributed by atoms with E-state index in [1.165, 1.54) is 16.7 Å². The van der Waals surface area contributed by atoms with E-state index in [1.54, 1.807) is 13.8 Å². The van der Waals surface area contributed by atoms with E-state index in [9.17, 15) is 15.0 Å². The second kappa shape index (κ2) is 3.96. The topological polar surface area (TPSA) is 80.9 Å². The van der Waals surface area contributed by atoms with Gasteiger partial charge in [0.1, 0.15) is 0 Å². The molecule has 0 aliphatic carbocycles. The summed E-state index contributed by atoms with van der Waals surface area (Å²) in [4.78, 5) is 11.4. The van der Waals surface area contributed by atoms with Crippen molar-refractivity contribution in [2.75, 3.05) is 0 Å². The fourth-order valence-corrected chi connectivity index (χ4v) is 1.82. The van der Waals surface area contributed by atoms with Gasteiger partial charge in [-0.1, -0.05) is 0 Å². The number of aromatic nitrogens is 1. The SMILES string of the molecule is CC1(C)OC(=O)[C@H](CCn2c(O)ccc2O)O1. The number of carbonyl (C=O) groups is 1. The molecular formula is C11H15NO5. The zero-order valence-electron chi connectivity index (χ0n) is 9.71. The van der Waals surface area contributed by atoms with Gasteiger partial charge >= 0.3 is 5.97 Å². The Morgan fingerprint density at radius 1 is 1.35 bits per heavy atom. The number of hydrogen-bond acceptors (Lipinski definition) is 5. The summed E-state index contributed by atoms with van der Waals surface area (Å²) in [6.45, 7) is 3.60. The Morgan fingerprint density at radius 3 is 2.41 bits per heavy atom. The van der Waals surface area contributed by atoms with Gasteiger partial charge in [0.05, 0.1) is 0 Å². The maximum Gasteiger partial charge on any atom is 0.337 e. The molecule has 1 aliphatic rings. The highest BCUT2D eigenvalue weighted by Gasteiger charge is 2.40. The van der Waals surface area contributed by atoms with Gasteiger partial charge in [0.15, 0.2) is 17.9 Å². The number of esters is 1. The number of carbonyl (C=O) groups excluding carboxylic acids is 1. The van der Waals surface area contributed by atoms with Crippen molar-refractivity contribution in [2.45, 2.75) is 38.7 Å². The van der Waals surface area contributed by atoms with E-state index in [2.05, 4.69) is 0 Å². The summed E-state index contributed by atoms with van der Waals surface area (Å²) in [6, 6.07) is 2.76. The zero-order valence-corrected chi connectivity index (χ0v) is 9.71. The maximum absolute atomic E-state index is 11.4. The highest BCUT2D eigenvalue weighted by atomic mass is 16.8. The van der Waals surface area contributed by atoms with Gasteiger partial charge in [0.2, 0.25) is 5.79 Å². The average Bonchev–Trinajstić information content (AvgIpc) is 2.65. The number of hydrogen-bond donors (Lipinski definition) is 2. The van der Waals surface area contributed by atoms with Crippen molar-refractivity contribution < 1.29 is 24.5 Å². The molecule has 17 heavy (non-hydrogen) atoms. The molecule has 0 bridgehead atoms. The van der Waals surface area contributed by atoms with Crippen molar-refractivity contribution in [1.29, 1.82) is 0 Å². The van der Waals surface area contributed by atoms with Crippen LogP contribution >= 0.6 is 0 Å². The monoisotopic (exact) mass is 241 g/mol. The number of aromatic hydroxyl groups is 2. The second-order valence-corrected chi connectivity index (χ2v) is 4.42. The molecule has 2 rings (SSSR count). The smallest absolute Gasteiger partial charge is 0.337 e. The summed E-state index contributed by atoms with van der Waals surface area (Å²) in [5.74, 6) is -1.41. The van der Waals surface area contributed by atoms with Crippen LogP contribution in [0.1, 0.15) is 20.3 Å². The van der Waals surface area contributed by atoms with Crippen LogP contribution in [0.5, 0.6) is 11.8 Å². The van der Waals surface area contributed by atoms with E-state index >= 15 is 0 Å². The van der Waals surface area contributed by atoms with Crippen LogP contribution in [-0.4, -0.2) is 32.6 Å². The number of cyclic esters (lactones) is 1. The number of ether oxygens (including phenoxy) is 2. The largest absolute Gasteiger partial charge is 0.494 e. The first-order valence-electron chi connectivity index (χ1n) is 5.37. The predicted molar refractivity (Wildman–Crippen MR) is 57.4 cm³/mol. The van der Waals surface area contributed by atoms with Crippen molar-refractivity contribution in [3.05, 3.63) is 12.1 Å². The fourth-order valence-electron chi connectivity index (χ4n) is 1.82. The van der Waals surface area contributed by atoms with Gasteiger partial charge in [-0.3, -0.25) is 4.57 Å². The first-order chi connectivity index (χ1) is 7.89. The van der Waals surface area contributed by atoms with E-state index in [4.69, 9.17) is 9.47 Å². The molecule has 1 aromatic heterocycles. The highest BCUT2D eigenvalue weighted by Crippen LogP contribution is 2.27. The third kappa shape index (κ3) is 2.36. The molecule has 1 aromatic rings. The van der Waals surface area contributed by atoms with Gasteiger partial charge in [-0.2, -0.15) is 0 Å². The highest BCUT2D eigenvalue weighted by molar-refractivity contribution is 5.76. The Labute approximate surface area is 98.4 Å². The van der Waals surface area contributed by atoms with Crippen LogP contribution in [0.25, 0.3) is 0 Å². The summed E-state index contributed by atoms with van der Waals surface area (Å²) in [6.07, 6.45) is -0.330. The van der Waals surface area contributed by atoms with Crippen LogP contribution in [0, 0.1) is 0 Å². The molecule has 6 nitrogen and oxygen atoms in total. The minimum absolute atomic E-state index is 0.0480. The van der Waals surface area contributed by atoms with E-state index in [0.29, 0.717) is 6.42 Å². The number of nitrogens with zero attached hydrogens (tertiary/aromatic N) is 1. The van der Waals surface area contributed by atoms with Crippen LogP contribution in [0.2, 0.25) is 0 Å². The molecule has 2 N–H and O–H groups in total. The lowest BCUT2D eigenvalue weighted by Crippen LogP contribution is -2.22. The summed E-state index contributed by atoms with van der Waals surface area (Å²) >= 11 is 0. The molecular weight excluding hydrogens is 226 g/mol. The molecule has 0 spiro atoms. The van der Waals surface area contributed by atoms with Crippen molar-refractivity contribution in [3.63, 3.8) is 0 Å². The van der Waals surface area contributed by atoms with Gasteiger partial charge in [-0.15, -0.1) is 0 Å². The van der Waals surface area contributed by atoms with Crippen molar-refractivity contribution >= 4 is 5.97 Å². The van der Waals surface area contributed by atoms with Crippen molar-refractivity contribution in [3.8, 4) is 11.8 Å². The second-order valence-electron chi connectivity index (χ2n) is 4.42. The Morgan fingerprint density at radius 2 is 1.94 bits per heavy atom. The molecule has 94 valence electrons. The van der Waals surface area contributed by atoms with Gasteiger partial charge in [-0.25, -0.2) is 4.79 Å². The normalized spacial score (nSPS) is 22.7. The Kier molecular flexibility index (Phi) is 2.74. The van der Waals surface area contributed by atoms with Gasteiger partial charge in [0.25, 0.3) is 0 Å². The van der Waals surface area contributed by atoms with Crippen molar-refractivity contribution in [1.82, 2.24) is 4.57 Å². The summed E-state index contributed by atoms with van der Waals surface area (Å²) in [5, 5.41) is 18.8. The lowest BCUT2D eigenvalue weighted by Gasteiger charge is -2.15. The molecule has 1 atom stereocenters. The third-order valence-corrected chi connectivity index (χ3v) is 2.58. The van der Waals surface area contributed by atoms with E-state index in [-0.39, 0.29) is 18.3 Å². The Balaban J connectivity index is 1.98. The van der Waals surface area contributed by atoms with Crippen LogP contribution in [-0.2, 0) is 20.8 Å². The van der Waals surface area contributed by atoms with E-state index in [1.807, 2.05) is 0 Å². The minimum Gasteiger partial charge on any atom is -0.494 e.